The molecule has 0 unspecified atom stereocenters. The lowest BCUT2D eigenvalue weighted by molar-refractivity contribution is 0.187. The van der Waals surface area contributed by atoms with Crippen LogP contribution in [0.3, 0.4) is 0 Å². The summed E-state index contributed by atoms with van der Waals surface area (Å²) >= 11 is 1.72. The van der Waals surface area contributed by atoms with E-state index in [2.05, 4.69) is 33.2 Å². The minimum absolute atomic E-state index is 0.0461. The second-order valence-electron chi connectivity index (χ2n) is 5.19. The number of piperidine rings is 1. The fourth-order valence-corrected chi connectivity index (χ4v) is 3.66. The molecule has 0 saturated carbocycles. The van der Waals surface area contributed by atoms with E-state index < -0.39 is 6.09 Å². The van der Waals surface area contributed by atoms with Gasteiger partial charge in [0.05, 0.1) is 5.39 Å². The molecule has 7 heteroatoms. The van der Waals surface area contributed by atoms with Gasteiger partial charge < -0.3 is 15.3 Å². The second-order valence-corrected chi connectivity index (χ2v) is 6.31. The Labute approximate surface area is 126 Å². The Kier molecular flexibility index (Phi) is 3.92. The first-order valence-corrected chi connectivity index (χ1v) is 7.97. The number of hydrogen-bond donors (Lipinski definition) is 2. The highest BCUT2D eigenvalue weighted by molar-refractivity contribution is 7.18. The zero-order chi connectivity index (χ0) is 14.8. The van der Waals surface area contributed by atoms with E-state index in [9.17, 15) is 4.79 Å². The molecule has 0 aromatic carbocycles. The van der Waals surface area contributed by atoms with Crippen LogP contribution in [-0.2, 0) is 6.42 Å². The van der Waals surface area contributed by atoms with E-state index in [0.29, 0.717) is 0 Å². The minimum Gasteiger partial charge on any atom is -0.465 e. The van der Waals surface area contributed by atoms with E-state index in [0.717, 1.165) is 48.4 Å². The Bertz CT molecular complexity index is 649. The summed E-state index contributed by atoms with van der Waals surface area (Å²) in [6.07, 6.45) is 3.30. The van der Waals surface area contributed by atoms with Crippen molar-refractivity contribution >= 4 is 33.5 Å². The van der Waals surface area contributed by atoms with Crippen molar-refractivity contribution in [2.45, 2.75) is 32.2 Å². The molecule has 1 aliphatic heterocycles. The lowest BCUT2D eigenvalue weighted by atomic mass is 10.1. The molecule has 1 fully saturated rings. The molecule has 6 nitrogen and oxygen atoms in total. The molecule has 0 radical (unpaired) electrons. The van der Waals surface area contributed by atoms with E-state index >= 15 is 0 Å². The van der Waals surface area contributed by atoms with Crippen molar-refractivity contribution in [3.8, 4) is 0 Å². The average molecular weight is 306 g/mol. The summed E-state index contributed by atoms with van der Waals surface area (Å²) in [4.78, 5) is 24.1. The van der Waals surface area contributed by atoms with Gasteiger partial charge in [-0.05, 0) is 25.3 Å². The highest BCUT2D eigenvalue weighted by atomic mass is 32.1. The quantitative estimate of drug-likeness (QED) is 0.911. The van der Waals surface area contributed by atoms with Gasteiger partial charge in [0.15, 0.2) is 0 Å². The normalized spacial score (nSPS) is 16.3. The number of aromatic nitrogens is 2. The number of carbonyl (C=O) groups is 1. The van der Waals surface area contributed by atoms with Gasteiger partial charge in [0.25, 0.3) is 0 Å². The second kappa shape index (κ2) is 5.85. The van der Waals surface area contributed by atoms with Crippen LogP contribution in [0.5, 0.6) is 0 Å². The van der Waals surface area contributed by atoms with Gasteiger partial charge >= 0.3 is 6.09 Å². The number of nitrogens with one attached hydrogen (secondary N) is 1. The summed E-state index contributed by atoms with van der Waals surface area (Å²) in [6.45, 7) is 3.77. The number of hydrogen-bond acceptors (Lipinski definition) is 5. The van der Waals surface area contributed by atoms with Crippen LogP contribution in [0.4, 0.5) is 10.6 Å². The Balaban J connectivity index is 1.79. The highest BCUT2D eigenvalue weighted by Gasteiger charge is 2.23. The third-order valence-corrected chi connectivity index (χ3v) is 5.02. The zero-order valence-corrected chi connectivity index (χ0v) is 12.7. The van der Waals surface area contributed by atoms with Gasteiger partial charge in [0.1, 0.15) is 17.0 Å². The smallest absolute Gasteiger partial charge is 0.404 e. The molecule has 1 saturated heterocycles. The van der Waals surface area contributed by atoms with Crippen LogP contribution in [0.15, 0.2) is 12.4 Å². The number of aryl methyl sites for hydroxylation is 1. The van der Waals surface area contributed by atoms with Crippen molar-refractivity contribution in [3.05, 3.63) is 17.3 Å². The number of thiophene rings is 1. The van der Waals surface area contributed by atoms with Gasteiger partial charge in [0, 0.05) is 24.0 Å². The van der Waals surface area contributed by atoms with Crippen LogP contribution in [0.25, 0.3) is 10.2 Å². The van der Waals surface area contributed by atoms with E-state index in [-0.39, 0.29) is 6.04 Å². The fourth-order valence-electron chi connectivity index (χ4n) is 2.73. The minimum atomic E-state index is -0.941. The maximum atomic E-state index is 10.7. The van der Waals surface area contributed by atoms with Crippen LogP contribution < -0.4 is 10.2 Å². The molecule has 0 spiro atoms. The predicted octanol–water partition coefficient (Wildman–Crippen LogP) is 2.49. The number of carboxylic acid groups (broad SMARTS) is 1. The van der Waals surface area contributed by atoms with Crippen molar-refractivity contribution in [1.29, 1.82) is 0 Å². The van der Waals surface area contributed by atoms with Crippen LogP contribution in [0, 0.1) is 0 Å². The first kappa shape index (κ1) is 14.1. The molecule has 3 heterocycles. The average Bonchev–Trinajstić information content (AvgIpc) is 2.90. The van der Waals surface area contributed by atoms with Crippen molar-refractivity contribution < 1.29 is 9.90 Å². The molecule has 21 heavy (non-hydrogen) atoms. The fraction of sp³-hybridized carbons (Fsp3) is 0.500. The van der Waals surface area contributed by atoms with Crippen molar-refractivity contribution in [2.75, 3.05) is 18.0 Å². The lowest BCUT2D eigenvalue weighted by Crippen LogP contribution is -2.44. The summed E-state index contributed by atoms with van der Waals surface area (Å²) in [5.74, 6) is 0.977. The molecular weight excluding hydrogens is 288 g/mol. The number of anilines is 1. The monoisotopic (exact) mass is 306 g/mol. The Morgan fingerprint density at radius 3 is 2.90 bits per heavy atom. The van der Waals surface area contributed by atoms with Gasteiger partial charge in [0.2, 0.25) is 0 Å². The lowest BCUT2D eigenvalue weighted by Gasteiger charge is -2.32. The number of nitrogens with zero attached hydrogens (tertiary/aromatic N) is 3. The van der Waals surface area contributed by atoms with Crippen LogP contribution in [0.2, 0.25) is 0 Å². The number of rotatable bonds is 3. The predicted molar refractivity (Wildman–Crippen MR) is 83.2 cm³/mol. The SMILES string of the molecule is CCc1cc2c(N3CCC(NC(=O)O)CC3)ncnc2s1. The Morgan fingerprint density at radius 1 is 1.48 bits per heavy atom. The van der Waals surface area contributed by atoms with Crippen molar-refractivity contribution in [2.24, 2.45) is 0 Å². The first-order valence-electron chi connectivity index (χ1n) is 7.15. The van der Waals surface area contributed by atoms with Crippen LogP contribution in [0.1, 0.15) is 24.6 Å². The standard InChI is InChI=1S/C14H18N4O2S/c1-2-10-7-11-12(15-8-16-13(11)21-10)18-5-3-9(4-6-18)17-14(19)20/h7-9,17H,2-6H2,1H3,(H,19,20). The summed E-state index contributed by atoms with van der Waals surface area (Å²) in [5.41, 5.74) is 0. The van der Waals surface area contributed by atoms with Crippen LogP contribution in [-0.4, -0.2) is 40.3 Å². The largest absolute Gasteiger partial charge is 0.465 e. The Morgan fingerprint density at radius 2 is 2.24 bits per heavy atom. The van der Waals surface area contributed by atoms with E-state index in [1.54, 1.807) is 17.7 Å². The first-order chi connectivity index (χ1) is 10.2. The maximum Gasteiger partial charge on any atom is 0.404 e. The third kappa shape index (κ3) is 2.92. The van der Waals surface area contributed by atoms with Crippen molar-refractivity contribution in [3.63, 3.8) is 0 Å². The van der Waals surface area contributed by atoms with Gasteiger partial charge in [-0.1, -0.05) is 6.92 Å². The van der Waals surface area contributed by atoms with Crippen molar-refractivity contribution in [1.82, 2.24) is 15.3 Å². The molecule has 3 rings (SSSR count). The molecule has 2 N–H and O–H groups in total. The van der Waals surface area contributed by atoms with Gasteiger partial charge in [-0.2, -0.15) is 0 Å². The van der Waals surface area contributed by atoms with Crippen LogP contribution >= 0.6 is 11.3 Å². The van der Waals surface area contributed by atoms with E-state index in [1.165, 1.54) is 4.88 Å². The molecular formula is C14H18N4O2S. The molecule has 2 aromatic rings. The van der Waals surface area contributed by atoms with Gasteiger partial charge in [-0.25, -0.2) is 14.8 Å². The Hall–Kier alpha value is -1.89. The number of fused-ring (bicyclic) bond motifs is 1. The highest BCUT2D eigenvalue weighted by Crippen LogP contribution is 2.31. The molecule has 1 aliphatic rings. The summed E-state index contributed by atoms with van der Waals surface area (Å²) < 4.78 is 0. The number of amides is 1. The van der Waals surface area contributed by atoms with Gasteiger partial charge in [-0.3, -0.25) is 0 Å². The van der Waals surface area contributed by atoms with Gasteiger partial charge in [-0.15, -0.1) is 11.3 Å². The summed E-state index contributed by atoms with van der Waals surface area (Å²) in [6, 6.07) is 2.22. The molecule has 1 amide bonds. The molecule has 0 bridgehead atoms. The molecule has 0 atom stereocenters. The summed E-state index contributed by atoms with van der Waals surface area (Å²) in [7, 11) is 0. The molecule has 112 valence electrons. The molecule has 2 aromatic heterocycles. The zero-order valence-electron chi connectivity index (χ0n) is 11.9. The summed E-state index contributed by atoms with van der Waals surface area (Å²) in [5, 5.41) is 12.5. The van der Waals surface area contributed by atoms with E-state index in [1.807, 2.05) is 0 Å². The van der Waals surface area contributed by atoms with E-state index in [4.69, 9.17) is 5.11 Å². The molecule has 0 aliphatic carbocycles. The topological polar surface area (TPSA) is 78.4 Å². The third-order valence-electron chi connectivity index (χ3n) is 3.83. The maximum absolute atomic E-state index is 10.7.